The van der Waals surface area contributed by atoms with Crippen molar-refractivity contribution in [3.8, 4) is 17.2 Å². The third kappa shape index (κ3) is 4.02. The van der Waals surface area contributed by atoms with Gasteiger partial charge in [-0.1, -0.05) is 42.5 Å². The summed E-state index contributed by atoms with van der Waals surface area (Å²) in [7, 11) is 0. The third-order valence-corrected chi connectivity index (χ3v) is 5.63. The predicted octanol–water partition coefficient (Wildman–Crippen LogP) is 4.70. The first-order chi connectivity index (χ1) is 16.8. The topological polar surface area (TPSA) is 95.6 Å². The number of phenolic OH excluding ortho intramolecular Hbond substituents is 2. The molecule has 6 nitrogen and oxygen atoms in total. The van der Waals surface area contributed by atoms with Crippen molar-refractivity contribution in [1.29, 1.82) is 0 Å². The van der Waals surface area contributed by atoms with Crippen molar-refractivity contribution < 1.29 is 41.7 Å². The molecule has 0 aliphatic rings. The summed E-state index contributed by atoms with van der Waals surface area (Å²) in [6, 6.07) is 13.4. The number of phenols is 2. The molecule has 0 aliphatic carbocycles. The molecular weight excluding hydrogens is 494 g/mol. The summed E-state index contributed by atoms with van der Waals surface area (Å²) >= 11 is 0. The van der Waals surface area contributed by atoms with Crippen LogP contribution in [0.3, 0.4) is 0 Å². The lowest BCUT2D eigenvalue weighted by Crippen LogP contribution is -2.53. The fourth-order valence-corrected chi connectivity index (χ4v) is 3.79. The van der Waals surface area contributed by atoms with E-state index in [0.717, 1.165) is 22.8 Å². The van der Waals surface area contributed by atoms with Gasteiger partial charge in [-0.2, -0.15) is 26.3 Å². The highest BCUT2D eigenvalue weighted by atomic mass is 19.4. The third-order valence-electron chi connectivity index (χ3n) is 5.63. The quantitative estimate of drug-likeness (QED) is 0.273. The maximum absolute atomic E-state index is 13.4. The Balaban J connectivity index is 1.95. The normalized spacial score (nSPS) is 12.8. The number of nitrogens with zero attached hydrogens (tertiary/aromatic N) is 2. The van der Waals surface area contributed by atoms with E-state index in [1.54, 1.807) is 30.3 Å². The second-order valence-corrected chi connectivity index (χ2v) is 7.91. The van der Waals surface area contributed by atoms with E-state index in [2.05, 4.69) is 4.98 Å². The molecule has 0 atom stereocenters. The maximum Gasteiger partial charge on any atom is 0.430 e. The summed E-state index contributed by atoms with van der Waals surface area (Å²) in [4.78, 5) is 17.7. The summed E-state index contributed by atoms with van der Waals surface area (Å²) in [5, 5.41) is 29.3. The number of aromatic nitrogens is 2. The predicted molar refractivity (Wildman–Crippen MR) is 116 cm³/mol. The van der Waals surface area contributed by atoms with Crippen molar-refractivity contribution >= 4 is 10.9 Å². The van der Waals surface area contributed by atoms with E-state index in [9.17, 15) is 46.5 Å². The van der Waals surface area contributed by atoms with Gasteiger partial charge in [0.05, 0.1) is 11.2 Å². The fourth-order valence-electron chi connectivity index (χ4n) is 3.79. The Kier molecular flexibility index (Phi) is 5.95. The van der Waals surface area contributed by atoms with Gasteiger partial charge in [-0.15, -0.1) is 0 Å². The molecular formula is C24H16F6N2O4. The SMILES string of the molecule is O=c1c2c(O)c(O)ccc2nc(Cc2ccccc2)n1-c1ccc(C(O)(C(F)(F)F)C(F)(F)F)cc1. The summed E-state index contributed by atoms with van der Waals surface area (Å²) in [5.41, 5.74) is -7.05. The number of alkyl halides is 6. The molecule has 0 aliphatic heterocycles. The maximum atomic E-state index is 13.4. The Hall–Kier alpha value is -4.06. The number of halogens is 6. The average molecular weight is 510 g/mol. The Morgan fingerprint density at radius 1 is 0.806 bits per heavy atom. The van der Waals surface area contributed by atoms with Crippen LogP contribution in [0, 0.1) is 0 Å². The molecule has 0 unspecified atom stereocenters. The van der Waals surface area contributed by atoms with Crippen LogP contribution in [0.4, 0.5) is 26.3 Å². The summed E-state index contributed by atoms with van der Waals surface area (Å²) in [6.45, 7) is 0. The molecule has 188 valence electrons. The van der Waals surface area contributed by atoms with Crippen LogP contribution in [0.25, 0.3) is 16.6 Å². The molecule has 36 heavy (non-hydrogen) atoms. The molecule has 0 fully saturated rings. The van der Waals surface area contributed by atoms with Crippen LogP contribution >= 0.6 is 0 Å². The fraction of sp³-hybridized carbons (Fsp3) is 0.167. The van der Waals surface area contributed by atoms with Crippen LogP contribution in [0.1, 0.15) is 17.0 Å². The van der Waals surface area contributed by atoms with Gasteiger partial charge in [-0.25, -0.2) is 4.98 Å². The first kappa shape index (κ1) is 25.0. The Labute approximate surface area is 198 Å². The second kappa shape index (κ2) is 8.55. The van der Waals surface area contributed by atoms with Gasteiger partial charge in [0.2, 0.25) is 0 Å². The van der Waals surface area contributed by atoms with Crippen molar-refractivity contribution in [2.45, 2.75) is 24.4 Å². The first-order valence-electron chi connectivity index (χ1n) is 10.2. The smallest absolute Gasteiger partial charge is 0.430 e. The number of benzene rings is 3. The van der Waals surface area contributed by atoms with E-state index < -0.39 is 46.0 Å². The lowest BCUT2D eigenvalue weighted by molar-refractivity contribution is -0.376. The van der Waals surface area contributed by atoms with E-state index in [1.165, 1.54) is 6.07 Å². The van der Waals surface area contributed by atoms with Crippen molar-refractivity contribution in [1.82, 2.24) is 9.55 Å². The number of hydrogen-bond donors (Lipinski definition) is 3. The van der Waals surface area contributed by atoms with Crippen LogP contribution in [0.15, 0.2) is 71.5 Å². The van der Waals surface area contributed by atoms with Crippen LogP contribution in [-0.2, 0) is 12.0 Å². The zero-order valence-corrected chi connectivity index (χ0v) is 18.0. The number of fused-ring (bicyclic) bond motifs is 1. The van der Waals surface area contributed by atoms with Crippen LogP contribution in [0.5, 0.6) is 11.5 Å². The van der Waals surface area contributed by atoms with E-state index in [4.69, 9.17) is 0 Å². The largest absolute Gasteiger partial charge is 0.504 e. The molecule has 1 aromatic heterocycles. The molecule has 0 saturated carbocycles. The van der Waals surface area contributed by atoms with E-state index in [1.807, 2.05) is 0 Å². The summed E-state index contributed by atoms with van der Waals surface area (Å²) in [5.74, 6) is -1.36. The van der Waals surface area contributed by atoms with Gasteiger partial charge >= 0.3 is 12.4 Å². The second-order valence-electron chi connectivity index (χ2n) is 7.91. The highest BCUT2D eigenvalue weighted by Crippen LogP contribution is 2.50. The van der Waals surface area contributed by atoms with Crippen LogP contribution < -0.4 is 5.56 Å². The van der Waals surface area contributed by atoms with Gasteiger partial charge in [0.25, 0.3) is 11.2 Å². The van der Waals surface area contributed by atoms with Gasteiger partial charge in [0.1, 0.15) is 11.2 Å². The minimum atomic E-state index is -6.07. The molecule has 3 aromatic carbocycles. The van der Waals surface area contributed by atoms with Crippen molar-refractivity contribution in [2.24, 2.45) is 0 Å². The van der Waals surface area contributed by atoms with Crippen LogP contribution in [0.2, 0.25) is 0 Å². The van der Waals surface area contributed by atoms with Gasteiger partial charge in [-0.05, 0) is 29.8 Å². The average Bonchev–Trinajstić information content (AvgIpc) is 2.80. The standard InChI is InChI=1S/C24H16F6N2O4/c25-23(26,27)22(36,24(28,29)30)14-6-8-15(9-7-14)32-18(12-13-4-2-1-3-5-13)31-16-10-11-17(33)20(34)19(16)21(32)35/h1-11,33-34,36H,12H2. The minimum Gasteiger partial charge on any atom is -0.504 e. The molecule has 3 N–H and O–H groups in total. The molecule has 0 bridgehead atoms. The Morgan fingerprint density at radius 2 is 1.39 bits per heavy atom. The molecule has 0 radical (unpaired) electrons. The molecule has 1 heterocycles. The summed E-state index contributed by atoms with van der Waals surface area (Å²) in [6.07, 6.45) is -12.1. The number of rotatable bonds is 4. The minimum absolute atomic E-state index is 0.0117. The number of aliphatic hydroxyl groups is 1. The summed E-state index contributed by atoms with van der Waals surface area (Å²) < 4.78 is 80.4. The number of hydrogen-bond acceptors (Lipinski definition) is 5. The Morgan fingerprint density at radius 3 is 1.94 bits per heavy atom. The van der Waals surface area contributed by atoms with Gasteiger partial charge in [-0.3, -0.25) is 9.36 Å². The zero-order valence-electron chi connectivity index (χ0n) is 18.0. The van der Waals surface area contributed by atoms with Crippen molar-refractivity contribution in [3.05, 3.63) is 94.0 Å². The first-order valence-corrected chi connectivity index (χ1v) is 10.2. The monoisotopic (exact) mass is 510 g/mol. The highest BCUT2D eigenvalue weighted by Gasteiger charge is 2.71. The molecule has 4 aromatic rings. The van der Waals surface area contributed by atoms with Crippen LogP contribution in [-0.4, -0.2) is 37.2 Å². The van der Waals surface area contributed by atoms with Gasteiger partial charge in [0, 0.05) is 12.0 Å². The lowest BCUT2D eigenvalue weighted by atomic mass is 9.92. The van der Waals surface area contributed by atoms with Crippen molar-refractivity contribution in [2.75, 3.05) is 0 Å². The van der Waals surface area contributed by atoms with E-state index >= 15 is 0 Å². The van der Waals surface area contributed by atoms with E-state index in [0.29, 0.717) is 17.7 Å². The highest BCUT2D eigenvalue weighted by molar-refractivity contribution is 5.87. The van der Waals surface area contributed by atoms with Gasteiger partial charge < -0.3 is 15.3 Å². The zero-order chi connectivity index (χ0) is 26.5. The number of aromatic hydroxyl groups is 2. The van der Waals surface area contributed by atoms with Gasteiger partial charge in [0.15, 0.2) is 11.5 Å². The molecule has 4 rings (SSSR count). The lowest BCUT2D eigenvalue weighted by Gasteiger charge is -2.32. The molecule has 12 heteroatoms. The molecule has 0 saturated heterocycles. The Bertz CT molecular complexity index is 1470. The molecule has 0 spiro atoms. The molecule has 0 amide bonds. The van der Waals surface area contributed by atoms with Crippen molar-refractivity contribution in [3.63, 3.8) is 0 Å². The van der Waals surface area contributed by atoms with E-state index in [-0.39, 0.29) is 23.4 Å².